The van der Waals surface area contributed by atoms with Gasteiger partial charge in [-0.1, -0.05) is 18.2 Å². The van der Waals surface area contributed by atoms with E-state index in [1.165, 1.54) is 0 Å². The van der Waals surface area contributed by atoms with Gasteiger partial charge < -0.3 is 10.0 Å². The normalized spacial score (nSPS) is 22.8. The molecule has 0 spiro atoms. The van der Waals surface area contributed by atoms with Crippen LogP contribution >= 0.6 is 0 Å². The summed E-state index contributed by atoms with van der Waals surface area (Å²) in [5, 5.41) is 18.8. The van der Waals surface area contributed by atoms with E-state index in [1.807, 2.05) is 6.92 Å². The number of para-hydroxylation sites is 1. The highest BCUT2D eigenvalue weighted by molar-refractivity contribution is 5.79. The fraction of sp³-hybridized carbons (Fsp3) is 0.467. The lowest BCUT2D eigenvalue weighted by Crippen LogP contribution is -2.44. The van der Waals surface area contributed by atoms with Crippen LogP contribution in [0.25, 0.3) is 0 Å². The zero-order valence-corrected chi connectivity index (χ0v) is 11.1. The molecule has 1 aliphatic heterocycles. The number of carbonyl (C=O) groups excluding carboxylic acids is 1. The van der Waals surface area contributed by atoms with Crippen molar-refractivity contribution < 1.29 is 9.90 Å². The van der Waals surface area contributed by atoms with Gasteiger partial charge in [0.2, 0.25) is 5.91 Å². The number of amides is 1. The quantitative estimate of drug-likeness (QED) is 0.883. The number of phenols is 1. The predicted molar refractivity (Wildman–Crippen MR) is 71.3 cm³/mol. The molecule has 1 aliphatic rings. The van der Waals surface area contributed by atoms with Crippen LogP contribution in [0.4, 0.5) is 0 Å². The molecule has 0 radical (unpaired) electrons. The summed E-state index contributed by atoms with van der Waals surface area (Å²) in [6, 6.07) is 9.17. The fourth-order valence-electron chi connectivity index (χ4n) is 2.48. The molecule has 2 rings (SSSR count). The Morgan fingerprint density at radius 3 is 2.95 bits per heavy atom. The maximum atomic E-state index is 12.2. The van der Waals surface area contributed by atoms with Gasteiger partial charge in [0, 0.05) is 18.7 Å². The number of piperidine rings is 1. The highest BCUT2D eigenvalue weighted by Crippen LogP contribution is 2.29. The molecule has 1 atom stereocenters. The highest BCUT2D eigenvalue weighted by Gasteiger charge is 2.33. The molecule has 19 heavy (non-hydrogen) atoms. The van der Waals surface area contributed by atoms with Crippen molar-refractivity contribution in [3.05, 3.63) is 29.8 Å². The van der Waals surface area contributed by atoms with E-state index >= 15 is 0 Å². The minimum Gasteiger partial charge on any atom is -0.508 e. The molecule has 0 aromatic heterocycles. The summed E-state index contributed by atoms with van der Waals surface area (Å²) in [6.07, 6.45) is 1.88. The number of aromatic hydroxyl groups is 1. The van der Waals surface area contributed by atoms with E-state index in [0.29, 0.717) is 18.7 Å². The molecule has 1 saturated heterocycles. The summed E-state index contributed by atoms with van der Waals surface area (Å²) < 4.78 is 0. The monoisotopic (exact) mass is 258 g/mol. The zero-order chi connectivity index (χ0) is 13.9. The van der Waals surface area contributed by atoms with Gasteiger partial charge in [-0.25, -0.2) is 0 Å². The van der Waals surface area contributed by atoms with E-state index in [9.17, 15) is 9.90 Å². The van der Waals surface area contributed by atoms with Crippen molar-refractivity contribution in [2.45, 2.75) is 26.2 Å². The predicted octanol–water partition coefficient (Wildman–Crippen LogP) is 2.09. The topological polar surface area (TPSA) is 64.3 Å². The van der Waals surface area contributed by atoms with E-state index in [2.05, 4.69) is 6.07 Å². The number of phenolic OH excluding ortho intramolecular Hbond substituents is 1. The van der Waals surface area contributed by atoms with Crippen LogP contribution in [-0.4, -0.2) is 29.0 Å². The molecule has 1 aromatic rings. The first-order valence-corrected chi connectivity index (χ1v) is 6.50. The molecule has 1 aromatic carbocycles. The van der Waals surface area contributed by atoms with Crippen LogP contribution in [0.15, 0.2) is 24.3 Å². The van der Waals surface area contributed by atoms with E-state index in [-0.39, 0.29) is 18.1 Å². The third-order valence-corrected chi connectivity index (χ3v) is 3.65. The number of likely N-dealkylation sites (tertiary alicyclic amines) is 1. The van der Waals surface area contributed by atoms with E-state index in [1.54, 1.807) is 29.2 Å². The first-order chi connectivity index (χ1) is 9.04. The van der Waals surface area contributed by atoms with Crippen molar-refractivity contribution >= 4 is 5.91 Å². The molecule has 1 amide bonds. The van der Waals surface area contributed by atoms with Crippen molar-refractivity contribution in [1.82, 2.24) is 4.90 Å². The molecule has 1 unspecified atom stereocenters. The molecule has 0 aliphatic carbocycles. The second-order valence-corrected chi connectivity index (χ2v) is 5.40. The summed E-state index contributed by atoms with van der Waals surface area (Å²) in [5.41, 5.74) is 0.198. The zero-order valence-electron chi connectivity index (χ0n) is 11.1. The van der Waals surface area contributed by atoms with Crippen LogP contribution in [0.5, 0.6) is 5.75 Å². The maximum absolute atomic E-state index is 12.2. The highest BCUT2D eigenvalue weighted by atomic mass is 16.3. The molecular formula is C15H18N2O2. The van der Waals surface area contributed by atoms with Crippen molar-refractivity contribution in [1.29, 1.82) is 5.26 Å². The Labute approximate surface area is 113 Å². The molecule has 0 saturated carbocycles. The van der Waals surface area contributed by atoms with Gasteiger partial charge in [-0.2, -0.15) is 5.26 Å². The SMILES string of the molecule is CC1(C#N)CCCN(C(=O)Cc2ccccc2O)C1. The lowest BCUT2D eigenvalue weighted by atomic mass is 9.83. The third kappa shape index (κ3) is 3.05. The second-order valence-electron chi connectivity index (χ2n) is 5.40. The number of nitrogens with zero attached hydrogens (tertiary/aromatic N) is 2. The number of carbonyl (C=O) groups is 1. The molecule has 0 bridgehead atoms. The molecular weight excluding hydrogens is 240 g/mol. The van der Waals surface area contributed by atoms with Crippen molar-refractivity contribution in [2.75, 3.05) is 13.1 Å². The van der Waals surface area contributed by atoms with Gasteiger partial charge in [-0.05, 0) is 25.8 Å². The van der Waals surface area contributed by atoms with E-state index in [0.717, 1.165) is 12.8 Å². The van der Waals surface area contributed by atoms with Crippen LogP contribution < -0.4 is 0 Å². The van der Waals surface area contributed by atoms with E-state index in [4.69, 9.17) is 5.26 Å². The standard InChI is InChI=1S/C15H18N2O2/c1-15(10-16)7-4-8-17(11-15)14(19)9-12-5-2-3-6-13(12)18/h2-3,5-6,18H,4,7-9,11H2,1H3. The van der Waals surface area contributed by atoms with Gasteiger partial charge in [-0.15, -0.1) is 0 Å². The first-order valence-electron chi connectivity index (χ1n) is 6.50. The summed E-state index contributed by atoms with van der Waals surface area (Å²) in [7, 11) is 0. The van der Waals surface area contributed by atoms with Gasteiger partial charge in [-0.3, -0.25) is 4.79 Å². The number of hydrogen-bond acceptors (Lipinski definition) is 3. The van der Waals surface area contributed by atoms with Crippen LogP contribution in [0.2, 0.25) is 0 Å². The summed E-state index contributed by atoms with van der Waals surface area (Å²) in [6.45, 7) is 3.08. The minimum atomic E-state index is -0.438. The van der Waals surface area contributed by atoms with Crippen molar-refractivity contribution in [3.8, 4) is 11.8 Å². The van der Waals surface area contributed by atoms with Crippen molar-refractivity contribution in [2.24, 2.45) is 5.41 Å². The summed E-state index contributed by atoms with van der Waals surface area (Å²) in [5.74, 6) is 0.124. The van der Waals surface area contributed by atoms with Crippen LogP contribution in [0.1, 0.15) is 25.3 Å². The number of hydrogen-bond donors (Lipinski definition) is 1. The third-order valence-electron chi connectivity index (χ3n) is 3.65. The van der Waals surface area contributed by atoms with Crippen molar-refractivity contribution in [3.63, 3.8) is 0 Å². The molecule has 4 heteroatoms. The average Bonchev–Trinajstić information content (AvgIpc) is 2.41. The minimum absolute atomic E-state index is 0.0253. The van der Waals surface area contributed by atoms with Gasteiger partial charge in [0.05, 0.1) is 17.9 Å². The maximum Gasteiger partial charge on any atom is 0.227 e. The Bertz CT molecular complexity index is 521. The Morgan fingerprint density at radius 1 is 1.53 bits per heavy atom. The lowest BCUT2D eigenvalue weighted by Gasteiger charge is -2.36. The fourth-order valence-corrected chi connectivity index (χ4v) is 2.48. The van der Waals surface area contributed by atoms with Crippen LogP contribution in [-0.2, 0) is 11.2 Å². The lowest BCUT2D eigenvalue weighted by molar-refractivity contribution is -0.133. The second kappa shape index (κ2) is 5.31. The largest absolute Gasteiger partial charge is 0.508 e. The van der Waals surface area contributed by atoms with E-state index < -0.39 is 5.41 Å². The average molecular weight is 258 g/mol. The van der Waals surface area contributed by atoms with Crippen LogP contribution in [0, 0.1) is 16.7 Å². The smallest absolute Gasteiger partial charge is 0.227 e. The Hall–Kier alpha value is -2.02. The molecule has 1 heterocycles. The number of benzene rings is 1. The Kier molecular flexibility index (Phi) is 3.75. The Morgan fingerprint density at radius 2 is 2.26 bits per heavy atom. The van der Waals surface area contributed by atoms with Gasteiger partial charge in [0.25, 0.3) is 0 Å². The summed E-state index contributed by atoms with van der Waals surface area (Å²) >= 11 is 0. The molecule has 4 nitrogen and oxygen atoms in total. The Balaban J connectivity index is 2.05. The number of nitriles is 1. The van der Waals surface area contributed by atoms with Gasteiger partial charge in [0.1, 0.15) is 5.75 Å². The van der Waals surface area contributed by atoms with Crippen LogP contribution in [0.3, 0.4) is 0 Å². The summed E-state index contributed by atoms with van der Waals surface area (Å²) in [4.78, 5) is 14.0. The molecule has 1 N–H and O–H groups in total. The van der Waals surface area contributed by atoms with Gasteiger partial charge in [0.15, 0.2) is 0 Å². The molecule has 100 valence electrons. The number of rotatable bonds is 2. The molecule has 1 fully saturated rings. The van der Waals surface area contributed by atoms with Gasteiger partial charge >= 0.3 is 0 Å². The first kappa shape index (κ1) is 13.4.